The van der Waals surface area contributed by atoms with Gasteiger partial charge in [-0.2, -0.15) is 0 Å². The number of fused-ring (bicyclic) bond motifs is 3. The summed E-state index contributed by atoms with van der Waals surface area (Å²) < 4.78 is 6.75. The van der Waals surface area contributed by atoms with Crippen LogP contribution < -0.4 is 0 Å². The van der Waals surface area contributed by atoms with E-state index in [1.54, 1.807) is 12.4 Å². The molecule has 4 aromatic carbocycles. The fourth-order valence-corrected chi connectivity index (χ4v) is 5.32. The van der Waals surface area contributed by atoms with Crippen molar-refractivity contribution in [3.8, 4) is 44.5 Å². The molecule has 0 saturated carbocycles. The zero-order valence-electron chi connectivity index (χ0n) is 20.9. The van der Waals surface area contributed by atoms with Crippen molar-refractivity contribution >= 4 is 21.9 Å². The van der Waals surface area contributed by atoms with Gasteiger partial charge in [-0.3, -0.25) is 9.97 Å². The maximum atomic E-state index is 6.75. The Morgan fingerprint density at radius 2 is 1.03 bits per heavy atom. The van der Waals surface area contributed by atoms with Gasteiger partial charge in [0.25, 0.3) is 0 Å². The van der Waals surface area contributed by atoms with E-state index < -0.39 is 0 Å². The fourth-order valence-electron chi connectivity index (χ4n) is 5.32. The van der Waals surface area contributed by atoms with Gasteiger partial charge in [0.05, 0.1) is 0 Å². The van der Waals surface area contributed by atoms with E-state index in [0.29, 0.717) is 0 Å². The molecule has 3 nitrogen and oxygen atoms in total. The van der Waals surface area contributed by atoms with Crippen molar-refractivity contribution in [2.75, 3.05) is 0 Å². The molecule has 0 amide bonds. The summed E-state index contributed by atoms with van der Waals surface area (Å²) >= 11 is 0. The van der Waals surface area contributed by atoms with Crippen LogP contribution in [-0.4, -0.2) is 9.97 Å². The average Bonchev–Trinajstić information content (AvgIpc) is 3.37. The quantitative estimate of drug-likeness (QED) is 0.248. The highest BCUT2D eigenvalue weighted by atomic mass is 16.3. The molecule has 0 unspecified atom stereocenters. The number of furan rings is 1. The minimum Gasteiger partial charge on any atom is -0.455 e. The first-order valence-corrected chi connectivity index (χ1v) is 12.7. The number of nitrogens with zero attached hydrogens (tertiary/aromatic N) is 2. The Hall–Kier alpha value is -5.02. The zero-order chi connectivity index (χ0) is 25.5. The SMILES string of the molecule is Cc1ccccc1-c1cccc2c1oc1c(-c3cc(-c4cccnc4)cc(-c4cccnc4)c3)cccc12. The number of hydrogen-bond donors (Lipinski definition) is 0. The molecule has 0 saturated heterocycles. The highest BCUT2D eigenvalue weighted by Gasteiger charge is 2.17. The van der Waals surface area contributed by atoms with Gasteiger partial charge in [0.15, 0.2) is 0 Å². The van der Waals surface area contributed by atoms with Gasteiger partial charge in [-0.25, -0.2) is 0 Å². The Labute approximate surface area is 221 Å². The third kappa shape index (κ3) is 3.77. The van der Waals surface area contributed by atoms with Gasteiger partial charge >= 0.3 is 0 Å². The lowest BCUT2D eigenvalue weighted by molar-refractivity contribution is 0.671. The van der Waals surface area contributed by atoms with E-state index in [1.807, 2.05) is 24.5 Å². The van der Waals surface area contributed by atoms with Crippen LogP contribution in [0, 0.1) is 6.92 Å². The van der Waals surface area contributed by atoms with Crippen LogP contribution in [0.2, 0.25) is 0 Å². The van der Waals surface area contributed by atoms with Crippen LogP contribution in [0.15, 0.2) is 132 Å². The minimum absolute atomic E-state index is 0.893. The first kappa shape index (κ1) is 22.2. The molecule has 7 aromatic rings. The minimum atomic E-state index is 0.893. The van der Waals surface area contributed by atoms with Gasteiger partial charge in [-0.15, -0.1) is 0 Å². The van der Waals surface area contributed by atoms with Crippen LogP contribution in [0.4, 0.5) is 0 Å². The van der Waals surface area contributed by atoms with Crippen LogP contribution in [0.25, 0.3) is 66.4 Å². The Kier molecular flexibility index (Phi) is 5.33. The lowest BCUT2D eigenvalue weighted by atomic mass is 9.93. The van der Waals surface area contributed by atoms with Crippen LogP contribution in [0.1, 0.15) is 5.56 Å². The van der Waals surface area contributed by atoms with E-state index in [0.717, 1.165) is 60.9 Å². The van der Waals surface area contributed by atoms with Crippen molar-refractivity contribution in [2.24, 2.45) is 0 Å². The number of para-hydroxylation sites is 2. The van der Waals surface area contributed by atoms with Gasteiger partial charge in [-0.05, 0) is 65.1 Å². The van der Waals surface area contributed by atoms with Crippen molar-refractivity contribution in [2.45, 2.75) is 6.92 Å². The molecule has 3 heteroatoms. The first-order valence-electron chi connectivity index (χ1n) is 12.7. The van der Waals surface area contributed by atoms with Crippen molar-refractivity contribution < 1.29 is 4.42 Å². The average molecular weight is 489 g/mol. The Bertz CT molecular complexity index is 1860. The second-order valence-corrected chi connectivity index (χ2v) is 9.56. The van der Waals surface area contributed by atoms with Crippen molar-refractivity contribution in [1.82, 2.24) is 9.97 Å². The summed E-state index contributed by atoms with van der Waals surface area (Å²) in [5.41, 5.74) is 11.8. The van der Waals surface area contributed by atoms with E-state index >= 15 is 0 Å². The molecular formula is C35H24N2O. The normalized spacial score (nSPS) is 11.3. The molecule has 0 aliphatic rings. The van der Waals surface area contributed by atoms with E-state index in [-0.39, 0.29) is 0 Å². The Morgan fingerprint density at radius 1 is 0.474 bits per heavy atom. The summed E-state index contributed by atoms with van der Waals surface area (Å²) in [5.74, 6) is 0. The number of hydrogen-bond acceptors (Lipinski definition) is 3. The summed E-state index contributed by atoms with van der Waals surface area (Å²) in [6.45, 7) is 2.14. The predicted octanol–water partition coefficient (Wildman–Crippen LogP) is 9.35. The summed E-state index contributed by atoms with van der Waals surface area (Å²) in [6, 6.07) is 36.1. The van der Waals surface area contributed by atoms with E-state index in [2.05, 4.69) is 108 Å². The van der Waals surface area contributed by atoms with Crippen molar-refractivity contribution in [1.29, 1.82) is 0 Å². The van der Waals surface area contributed by atoms with Crippen molar-refractivity contribution in [3.63, 3.8) is 0 Å². The van der Waals surface area contributed by atoms with E-state index in [1.165, 1.54) is 11.1 Å². The topological polar surface area (TPSA) is 38.9 Å². The highest BCUT2D eigenvalue weighted by Crippen LogP contribution is 2.42. The Balaban J connectivity index is 1.49. The number of aromatic nitrogens is 2. The molecule has 0 bridgehead atoms. The van der Waals surface area contributed by atoms with Gasteiger partial charge in [-0.1, -0.05) is 72.8 Å². The molecule has 7 rings (SSSR count). The third-order valence-electron chi connectivity index (χ3n) is 7.19. The molecule has 0 aliphatic carbocycles. The number of pyridine rings is 2. The molecule has 0 atom stereocenters. The smallest absolute Gasteiger partial charge is 0.143 e. The van der Waals surface area contributed by atoms with E-state index in [4.69, 9.17) is 4.42 Å². The van der Waals surface area contributed by atoms with Crippen molar-refractivity contribution in [3.05, 3.63) is 133 Å². The summed E-state index contributed by atoms with van der Waals surface area (Å²) in [4.78, 5) is 8.72. The number of aryl methyl sites for hydroxylation is 1. The number of benzene rings is 4. The molecule has 3 aromatic heterocycles. The van der Waals surface area contributed by atoms with Crippen LogP contribution in [0.5, 0.6) is 0 Å². The van der Waals surface area contributed by atoms with Crippen LogP contribution >= 0.6 is 0 Å². The highest BCUT2D eigenvalue weighted by molar-refractivity contribution is 6.13. The van der Waals surface area contributed by atoms with Gasteiger partial charge < -0.3 is 4.42 Å². The maximum Gasteiger partial charge on any atom is 0.143 e. The lowest BCUT2D eigenvalue weighted by Crippen LogP contribution is -1.87. The molecule has 0 fully saturated rings. The van der Waals surface area contributed by atoms with Crippen LogP contribution in [0.3, 0.4) is 0 Å². The molecule has 0 N–H and O–H groups in total. The molecular weight excluding hydrogens is 464 g/mol. The number of rotatable bonds is 4. The Morgan fingerprint density at radius 3 is 1.63 bits per heavy atom. The first-order chi connectivity index (χ1) is 18.8. The molecule has 38 heavy (non-hydrogen) atoms. The summed E-state index contributed by atoms with van der Waals surface area (Å²) in [7, 11) is 0. The molecule has 180 valence electrons. The summed E-state index contributed by atoms with van der Waals surface area (Å²) in [6.07, 6.45) is 7.41. The zero-order valence-corrected chi connectivity index (χ0v) is 20.9. The molecule has 0 radical (unpaired) electrons. The predicted molar refractivity (Wildman–Crippen MR) is 156 cm³/mol. The lowest BCUT2D eigenvalue weighted by Gasteiger charge is -2.11. The van der Waals surface area contributed by atoms with Crippen LogP contribution in [-0.2, 0) is 0 Å². The van der Waals surface area contributed by atoms with Gasteiger partial charge in [0.1, 0.15) is 11.2 Å². The largest absolute Gasteiger partial charge is 0.455 e. The second-order valence-electron chi connectivity index (χ2n) is 9.56. The van der Waals surface area contributed by atoms with Gasteiger partial charge in [0, 0.05) is 57.8 Å². The second kappa shape index (κ2) is 9.13. The molecule has 0 spiro atoms. The maximum absolute atomic E-state index is 6.75. The fraction of sp³-hybridized carbons (Fsp3) is 0.0286. The standard InChI is InChI=1S/C35H24N2O/c1-23-8-2-3-11-29(23)31-13-5-15-33-32-14-4-12-30(34(32)38-35(31)33)28-19-26(24-9-6-16-36-21-24)18-27(20-28)25-10-7-17-37-22-25/h2-22H,1H3. The van der Waals surface area contributed by atoms with E-state index in [9.17, 15) is 0 Å². The monoisotopic (exact) mass is 488 g/mol. The molecule has 0 aliphatic heterocycles. The summed E-state index contributed by atoms with van der Waals surface area (Å²) in [5, 5.41) is 2.24. The van der Waals surface area contributed by atoms with Gasteiger partial charge in [0.2, 0.25) is 0 Å². The molecule has 3 heterocycles. The third-order valence-corrected chi connectivity index (χ3v) is 7.19.